The summed E-state index contributed by atoms with van der Waals surface area (Å²) in [7, 11) is 0. The van der Waals surface area contributed by atoms with Gasteiger partial charge in [0.1, 0.15) is 5.82 Å². The molecule has 3 aromatic rings. The normalized spacial score (nSPS) is 16.3. The Morgan fingerprint density at radius 3 is 2.47 bits per heavy atom. The lowest BCUT2D eigenvalue weighted by Crippen LogP contribution is -2.22. The number of rotatable bonds is 3. The lowest BCUT2D eigenvalue weighted by Gasteiger charge is -2.24. The van der Waals surface area contributed by atoms with E-state index in [0.717, 1.165) is 17.7 Å². The maximum absolute atomic E-state index is 13.2. The summed E-state index contributed by atoms with van der Waals surface area (Å²) in [6, 6.07) is 10.7. The molecule has 4 nitrogen and oxygen atoms in total. The number of hydrogen-bond acceptors (Lipinski definition) is 4. The number of halogens is 4. The molecule has 1 aliphatic rings. The van der Waals surface area contributed by atoms with Gasteiger partial charge in [0.2, 0.25) is 5.95 Å². The zero-order valence-corrected chi connectivity index (χ0v) is 15.9. The van der Waals surface area contributed by atoms with E-state index >= 15 is 0 Å². The van der Waals surface area contributed by atoms with E-state index in [-0.39, 0.29) is 35.6 Å². The molecule has 154 valence electrons. The highest BCUT2D eigenvalue weighted by Crippen LogP contribution is 2.34. The first-order valence-electron chi connectivity index (χ1n) is 9.31. The fourth-order valence-corrected chi connectivity index (χ4v) is 3.70. The van der Waals surface area contributed by atoms with Crippen molar-refractivity contribution in [2.24, 2.45) is 0 Å². The molecule has 1 aromatic heterocycles. The molecule has 0 aliphatic heterocycles. The van der Waals surface area contributed by atoms with Crippen LogP contribution in [0.3, 0.4) is 0 Å². The van der Waals surface area contributed by atoms with Crippen LogP contribution >= 0.6 is 0 Å². The second-order valence-electron chi connectivity index (χ2n) is 7.24. The van der Waals surface area contributed by atoms with E-state index in [4.69, 9.17) is 0 Å². The predicted octanol–water partition coefficient (Wildman–Crippen LogP) is 5.60. The molecule has 30 heavy (non-hydrogen) atoms. The number of carbonyl (C=O) groups excluding carboxylic acids is 1. The van der Waals surface area contributed by atoms with Crippen molar-refractivity contribution in [2.45, 2.75) is 31.9 Å². The van der Waals surface area contributed by atoms with Gasteiger partial charge >= 0.3 is 6.18 Å². The van der Waals surface area contributed by atoms with E-state index in [9.17, 15) is 22.4 Å². The zero-order valence-electron chi connectivity index (χ0n) is 15.9. The van der Waals surface area contributed by atoms with Crippen LogP contribution in [0.2, 0.25) is 0 Å². The molecule has 0 amide bonds. The summed E-state index contributed by atoms with van der Waals surface area (Å²) in [6.45, 7) is 1.67. The number of alkyl halides is 3. The number of anilines is 2. The average Bonchev–Trinajstić information content (AvgIpc) is 2.67. The molecule has 0 radical (unpaired) electrons. The van der Waals surface area contributed by atoms with Gasteiger partial charge in [0.15, 0.2) is 5.78 Å². The topological polar surface area (TPSA) is 54.9 Å². The SMILES string of the molecule is Cc1nc(Nc2cccc(C(F)(F)F)c2)nc2c1C(=O)CC(c1ccc(F)cc1)C2. The van der Waals surface area contributed by atoms with Crippen molar-refractivity contribution in [1.82, 2.24) is 9.97 Å². The van der Waals surface area contributed by atoms with Crippen LogP contribution < -0.4 is 5.32 Å². The minimum Gasteiger partial charge on any atom is -0.324 e. The van der Waals surface area contributed by atoms with Gasteiger partial charge in [-0.2, -0.15) is 13.2 Å². The molecule has 0 saturated heterocycles. The van der Waals surface area contributed by atoms with Gasteiger partial charge in [-0.05, 0) is 55.2 Å². The smallest absolute Gasteiger partial charge is 0.324 e. The van der Waals surface area contributed by atoms with Gasteiger partial charge in [0, 0.05) is 12.1 Å². The lowest BCUT2D eigenvalue weighted by molar-refractivity contribution is -0.137. The molecule has 1 N–H and O–H groups in total. The zero-order chi connectivity index (χ0) is 21.5. The summed E-state index contributed by atoms with van der Waals surface area (Å²) in [6.07, 6.45) is -3.74. The maximum atomic E-state index is 13.2. The average molecular weight is 415 g/mol. The van der Waals surface area contributed by atoms with E-state index in [1.807, 2.05) is 0 Å². The number of Topliss-reactive ketones (excluding diaryl/α,β-unsaturated/α-hetero) is 1. The van der Waals surface area contributed by atoms with E-state index < -0.39 is 11.7 Å². The Hall–Kier alpha value is -3.29. The molecule has 1 heterocycles. The molecule has 8 heteroatoms. The molecule has 0 spiro atoms. The first-order chi connectivity index (χ1) is 14.2. The van der Waals surface area contributed by atoms with Gasteiger partial charge in [0.25, 0.3) is 0 Å². The monoisotopic (exact) mass is 415 g/mol. The fraction of sp³-hybridized carbons (Fsp3) is 0.227. The van der Waals surface area contributed by atoms with Gasteiger partial charge in [-0.1, -0.05) is 18.2 Å². The molecule has 2 aromatic carbocycles. The van der Waals surface area contributed by atoms with Gasteiger partial charge in [-0.15, -0.1) is 0 Å². The highest BCUT2D eigenvalue weighted by Gasteiger charge is 2.31. The van der Waals surface area contributed by atoms with Crippen molar-refractivity contribution in [3.05, 3.63) is 82.4 Å². The van der Waals surface area contributed by atoms with Gasteiger partial charge in [0.05, 0.1) is 22.5 Å². The van der Waals surface area contributed by atoms with Crippen LogP contribution in [-0.4, -0.2) is 15.8 Å². The third kappa shape index (κ3) is 4.03. The van der Waals surface area contributed by atoms with Gasteiger partial charge < -0.3 is 5.32 Å². The molecule has 4 rings (SSSR count). The number of benzene rings is 2. The summed E-state index contributed by atoms with van der Waals surface area (Å²) in [5, 5.41) is 2.80. The molecule has 1 aliphatic carbocycles. The minimum atomic E-state index is -4.46. The van der Waals surface area contributed by atoms with E-state index in [2.05, 4.69) is 15.3 Å². The van der Waals surface area contributed by atoms with Crippen LogP contribution in [0.1, 0.15) is 45.2 Å². The number of ketones is 1. The predicted molar refractivity (Wildman–Crippen MR) is 103 cm³/mol. The van der Waals surface area contributed by atoms with E-state index in [0.29, 0.717) is 23.4 Å². The molecule has 1 atom stereocenters. The quantitative estimate of drug-likeness (QED) is 0.566. The van der Waals surface area contributed by atoms with Crippen molar-refractivity contribution in [2.75, 3.05) is 5.32 Å². The molecule has 0 fully saturated rings. The molecule has 0 bridgehead atoms. The van der Waals surface area contributed by atoms with Crippen LogP contribution in [0.5, 0.6) is 0 Å². The number of aromatic nitrogens is 2. The molecular formula is C22H17F4N3O. The molecule has 0 saturated carbocycles. The summed E-state index contributed by atoms with van der Waals surface area (Å²) in [5.41, 5.74) is 1.69. The highest BCUT2D eigenvalue weighted by atomic mass is 19.4. The Morgan fingerprint density at radius 1 is 1.03 bits per heavy atom. The van der Waals surface area contributed by atoms with Crippen LogP contribution in [0.4, 0.5) is 29.2 Å². The second-order valence-corrected chi connectivity index (χ2v) is 7.24. The van der Waals surface area contributed by atoms with E-state index in [1.54, 1.807) is 19.1 Å². The third-order valence-corrected chi connectivity index (χ3v) is 5.10. The van der Waals surface area contributed by atoms with Crippen molar-refractivity contribution in [1.29, 1.82) is 0 Å². The molecular weight excluding hydrogens is 398 g/mol. The van der Waals surface area contributed by atoms with Crippen LogP contribution in [0, 0.1) is 12.7 Å². The Balaban J connectivity index is 1.64. The van der Waals surface area contributed by atoms with Crippen LogP contribution in [-0.2, 0) is 12.6 Å². The second kappa shape index (κ2) is 7.51. The summed E-state index contributed by atoms with van der Waals surface area (Å²) >= 11 is 0. The number of carbonyl (C=O) groups is 1. The van der Waals surface area contributed by atoms with Crippen LogP contribution in [0.15, 0.2) is 48.5 Å². The molecule has 1 unspecified atom stereocenters. The van der Waals surface area contributed by atoms with Crippen LogP contribution in [0.25, 0.3) is 0 Å². The Bertz CT molecular complexity index is 1110. The minimum absolute atomic E-state index is 0.103. The number of aryl methyl sites for hydroxylation is 1. The van der Waals surface area contributed by atoms with Gasteiger partial charge in [-0.25, -0.2) is 14.4 Å². The number of hydrogen-bond donors (Lipinski definition) is 1. The van der Waals surface area contributed by atoms with E-state index in [1.165, 1.54) is 24.3 Å². The standard InChI is InChI=1S/C22H17F4N3O/c1-12-20-18(9-14(10-19(20)30)13-5-7-16(23)8-6-13)29-21(27-12)28-17-4-2-3-15(11-17)22(24,25)26/h2-8,11,14H,9-10H2,1H3,(H,27,28,29). The lowest BCUT2D eigenvalue weighted by atomic mass is 9.81. The third-order valence-electron chi connectivity index (χ3n) is 5.10. The maximum Gasteiger partial charge on any atom is 0.416 e. The first kappa shape index (κ1) is 20.0. The van der Waals surface area contributed by atoms with Crippen molar-refractivity contribution in [3.63, 3.8) is 0 Å². The summed E-state index contributed by atoms with van der Waals surface area (Å²) in [4.78, 5) is 21.3. The van der Waals surface area contributed by atoms with Gasteiger partial charge in [-0.3, -0.25) is 4.79 Å². The number of nitrogens with one attached hydrogen (secondary N) is 1. The fourth-order valence-electron chi connectivity index (χ4n) is 3.70. The number of fused-ring (bicyclic) bond motifs is 1. The Kier molecular flexibility index (Phi) is 5.01. The van der Waals surface area contributed by atoms with Crippen molar-refractivity contribution in [3.8, 4) is 0 Å². The van der Waals surface area contributed by atoms with Crippen molar-refractivity contribution >= 4 is 17.4 Å². The van der Waals surface area contributed by atoms with Crippen molar-refractivity contribution < 1.29 is 22.4 Å². The first-order valence-corrected chi connectivity index (χ1v) is 9.31. The summed E-state index contributed by atoms with van der Waals surface area (Å²) < 4.78 is 52.1. The largest absolute Gasteiger partial charge is 0.416 e. The Labute approximate surface area is 170 Å². The summed E-state index contributed by atoms with van der Waals surface area (Å²) in [5.74, 6) is -0.486. The Morgan fingerprint density at radius 2 is 1.77 bits per heavy atom. The highest BCUT2D eigenvalue weighted by molar-refractivity contribution is 5.99. The number of nitrogens with zero attached hydrogens (tertiary/aromatic N) is 2.